The van der Waals surface area contributed by atoms with E-state index in [-0.39, 0.29) is 11.7 Å². The largest absolute Gasteiger partial charge is 0.508 e. The number of aryl methyl sites for hydroxylation is 2. The number of rotatable bonds is 5. The van der Waals surface area contributed by atoms with E-state index in [9.17, 15) is 9.90 Å². The molecule has 0 saturated heterocycles. The smallest absolute Gasteiger partial charge is 0.234 e. The summed E-state index contributed by atoms with van der Waals surface area (Å²) in [5.41, 5.74) is 3.14. The Balaban J connectivity index is 1.99. The fraction of sp³-hybridized carbons (Fsp3) is 0.235. The molecular weight excluding hydrogens is 282 g/mol. The summed E-state index contributed by atoms with van der Waals surface area (Å²) in [6.07, 6.45) is 0.886. The molecule has 0 saturated carbocycles. The minimum atomic E-state index is -0.0349. The van der Waals surface area contributed by atoms with Crippen LogP contribution in [0, 0.1) is 6.92 Å². The van der Waals surface area contributed by atoms with Crippen molar-refractivity contribution in [3.8, 4) is 5.75 Å². The van der Waals surface area contributed by atoms with Crippen LogP contribution in [0.15, 0.2) is 47.4 Å². The number of amides is 1. The van der Waals surface area contributed by atoms with Crippen molar-refractivity contribution in [3.05, 3.63) is 53.6 Å². The average molecular weight is 301 g/mol. The van der Waals surface area contributed by atoms with E-state index >= 15 is 0 Å². The van der Waals surface area contributed by atoms with Crippen molar-refractivity contribution in [1.82, 2.24) is 0 Å². The number of phenolic OH excluding ortho intramolecular Hbond substituents is 1. The number of thioether (sulfide) groups is 1. The third kappa shape index (κ3) is 4.26. The molecule has 1 amide bonds. The van der Waals surface area contributed by atoms with Gasteiger partial charge < -0.3 is 10.4 Å². The Morgan fingerprint density at radius 3 is 2.71 bits per heavy atom. The van der Waals surface area contributed by atoms with Crippen LogP contribution in [0.1, 0.15) is 18.1 Å². The van der Waals surface area contributed by atoms with Crippen LogP contribution in [0.3, 0.4) is 0 Å². The molecule has 2 N–H and O–H groups in total. The molecule has 4 heteroatoms. The molecule has 0 fully saturated rings. The van der Waals surface area contributed by atoms with E-state index in [2.05, 4.69) is 12.2 Å². The Morgan fingerprint density at radius 1 is 1.24 bits per heavy atom. The summed E-state index contributed by atoms with van der Waals surface area (Å²) in [7, 11) is 0. The van der Waals surface area contributed by atoms with Crippen molar-refractivity contribution in [3.63, 3.8) is 0 Å². The summed E-state index contributed by atoms with van der Waals surface area (Å²) in [5.74, 6) is 0.501. The van der Waals surface area contributed by atoms with Gasteiger partial charge in [0.2, 0.25) is 5.91 Å². The number of aromatic hydroxyl groups is 1. The van der Waals surface area contributed by atoms with Gasteiger partial charge in [0.05, 0.1) is 5.75 Å². The first-order chi connectivity index (χ1) is 10.1. The van der Waals surface area contributed by atoms with Crippen LogP contribution in [0.25, 0.3) is 0 Å². The molecule has 21 heavy (non-hydrogen) atoms. The third-order valence-corrected chi connectivity index (χ3v) is 4.19. The molecule has 110 valence electrons. The third-order valence-electron chi connectivity index (χ3n) is 3.19. The van der Waals surface area contributed by atoms with Crippen LogP contribution in [0.4, 0.5) is 5.69 Å². The SMILES string of the molecule is CCc1cccc(C)c1NC(=O)CSc1cccc(O)c1. The number of hydrogen-bond acceptors (Lipinski definition) is 3. The average Bonchev–Trinajstić information content (AvgIpc) is 2.47. The summed E-state index contributed by atoms with van der Waals surface area (Å²) in [4.78, 5) is 13.0. The quantitative estimate of drug-likeness (QED) is 0.821. The Morgan fingerprint density at radius 2 is 2.00 bits per heavy atom. The number of anilines is 1. The highest BCUT2D eigenvalue weighted by molar-refractivity contribution is 8.00. The molecule has 0 unspecified atom stereocenters. The molecule has 0 spiro atoms. The summed E-state index contributed by atoms with van der Waals surface area (Å²) in [6, 6.07) is 13.0. The van der Waals surface area contributed by atoms with E-state index in [1.807, 2.05) is 31.2 Å². The molecule has 0 atom stereocenters. The van der Waals surface area contributed by atoms with Crippen LogP contribution in [0.2, 0.25) is 0 Å². The van der Waals surface area contributed by atoms with E-state index in [0.717, 1.165) is 28.1 Å². The minimum absolute atomic E-state index is 0.0349. The maximum absolute atomic E-state index is 12.1. The van der Waals surface area contributed by atoms with Gasteiger partial charge in [-0.1, -0.05) is 31.2 Å². The van der Waals surface area contributed by atoms with E-state index in [1.165, 1.54) is 11.8 Å². The van der Waals surface area contributed by atoms with Crippen LogP contribution < -0.4 is 5.32 Å². The number of para-hydroxylation sites is 1. The maximum Gasteiger partial charge on any atom is 0.234 e. The molecule has 0 radical (unpaired) electrons. The van der Waals surface area contributed by atoms with Crippen molar-refractivity contribution >= 4 is 23.4 Å². The van der Waals surface area contributed by atoms with Gasteiger partial charge in [-0.25, -0.2) is 0 Å². The van der Waals surface area contributed by atoms with Crippen molar-refractivity contribution in [2.24, 2.45) is 0 Å². The maximum atomic E-state index is 12.1. The van der Waals surface area contributed by atoms with E-state index in [4.69, 9.17) is 0 Å². The zero-order valence-electron chi connectivity index (χ0n) is 12.2. The number of carbonyl (C=O) groups excluding carboxylic acids is 1. The summed E-state index contributed by atoms with van der Waals surface area (Å²) in [6.45, 7) is 4.07. The molecular formula is C17H19NO2S. The monoisotopic (exact) mass is 301 g/mol. The number of carbonyl (C=O) groups is 1. The lowest BCUT2D eigenvalue weighted by Gasteiger charge is -2.12. The second-order valence-electron chi connectivity index (χ2n) is 4.80. The normalized spacial score (nSPS) is 10.4. The predicted octanol–water partition coefficient (Wildman–Crippen LogP) is 3.99. The fourth-order valence-electron chi connectivity index (χ4n) is 2.10. The van der Waals surface area contributed by atoms with Crippen molar-refractivity contribution in [1.29, 1.82) is 0 Å². The molecule has 0 aliphatic carbocycles. The Kier molecular flexibility index (Phi) is 5.28. The summed E-state index contributed by atoms with van der Waals surface area (Å²) >= 11 is 1.41. The lowest BCUT2D eigenvalue weighted by atomic mass is 10.1. The van der Waals surface area contributed by atoms with Crippen LogP contribution in [-0.2, 0) is 11.2 Å². The molecule has 2 aromatic rings. The lowest BCUT2D eigenvalue weighted by Crippen LogP contribution is -2.16. The van der Waals surface area contributed by atoms with E-state index in [0.29, 0.717) is 5.75 Å². The summed E-state index contributed by atoms with van der Waals surface area (Å²) < 4.78 is 0. The van der Waals surface area contributed by atoms with Gasteiger partial charge >= 0.3 is 0 Å². The molecule has 3 nitrogen and oxygen atoms in total. The van der Waals surface area contributed by atoms with Gasteiger partial charge in [0, 0.05) is 10.6 Å². The standard InChI is InChI=1S/C17H19NO2S/c1-3-13-7-4-6-12(2)17(13)18-16(20)11-21-15-9-5-8-14(19)10-15/h4-10,19H,3,11H2,1-2H3,(H,18,20). The first-order valence-electron chi connectivity index (χ1n) is 6.90. The highest BCUT2D eigenvalue weighted by Crippen LogP contribution is 2.24. The van der Waals surface area contributed by atoms with Gasteiger partial charge in [0.1, 0.15) is 5.75 Å². The Labute approximate surface area is 129 Å². The topological polar surface area (TPSA) is 49.3 Å². The molecule has 0 bridgehead atoms. The Bertz CT molecular complexity index is 640. The molecule has 0 aromatic heterocycles. The van der Waals surface area contributed by atoms with Gasteiger partial charge in [-0.2, -0.15) is 0 Å². The molecule has 0 aliphatic heterocycles. The Hall–Kier alpha value is -1.94. The summed E-state index contributed by atoms with van der Waals surface area (Å²) in [5, 5.41) is 12.4. The fourth-order valence-corrected chi connectivity index (χ4v) is 2.85. The van der Waals surface area contributed by atoms with Gasteiger partial charge in [0.25, 0.3) is 0 Å². The minimum Gasteiger partial charge on any atom is -0.508 e. The highest BCUT2D eigenvalue weighted by atomic mass is 32.2. The second kappa shape index (κ2) is 7.18. The van der Waals surface area contributed by atoms with Crippen molar-refractivity contribution < 1.29 is 9.90 Å². The lowest BCUT2D eigenvalue weighted by molar-refractivity contribution is -0.113. The molecule has 0 heterocycles. The molecule has 0 aliphatic rings. The zero-order valence-corrected chi connectivity index (χ0v) is 13.0. The number of hydrogen-bond donors (Lipinski definition) is 2. The molecule has 2 aromatic carbocycles. The van der Waals surface area contributed by atoms with Gasteiger partial charge in [-0.3, -0.25) is 4.79 Å². The van der Waals surface area contributed by atoms with Gasteiger partial charge in [-0.05, 0) is 42.7 Å². The number of nitrogens with one attached hydrogen (secondary N) is 1. The van der Waals surface area contributed by atoms with Crippen molar-refractivity contribution in [2.45, 2.75) is 25.2 Å². The van der Waals surface area contributed by atoms with Crippen LogP contribution >= 0.6 is 11.8 Å². The van der Waals surface area contributed by atoms with Crippen molar-refractivity contribution in [2.75, 3.05) is 11.1 Å². The first kappa shape index (κ1) is 15.4. The van der Waals surface area contributed by atoms with Crippen LogP contribution in [-0.4, -0.2) is 16.8 Å². The highest BCUT2D eigenvalue weighted by Gasteiger charge is 2.09. The first-order valence-corrected chi connectivity index (χ1v) is 7.89. The number of phenols is 1. The van der Waals surface area contributed by atoms with Gasteiger partial charge in [-0.15, -0.1) is 11.8 Å². The van der Waals surface area contributed by atoms with Gasteiger partial charge in [0.15, 0.2) is 0 Å². The van der Waals surface area contributed by atoms with E-state index in [1.54, 1.807) is 18.2 Å². The number of benzene rings is 2. The van der Waals surface area contributed by atoms with E-state index < -0.39 is 0 Å². The predicted molar refractivity (Wildman–Crippen MR) is 88.0 cm³/mol. The van der Waals surface area contributed by atoms with Crippen LogP contribution in [0.5, 0.6) is 5.75 Å². The second-order valence-corrected chi connectivity index (χ2v) is 5.85. The zero-order chi connectivity index (χ0) is 15.2. The molecule has 2 rings (SSSR count).